The van der Waals surface area contributed by atoms with E-state index >= 15 is 0 Å². The van der Waals surface area contributed by atoms with Gasteiger partial charge in [-0.1, -0.05) is 18.2 Å². The summed E-state index contributed by atoms with van der Waals surface area (Å²) in [6.45, 7) is 0.562. The third kappa shape index (κ3) is 7.66. The summed E-state index contributed by atoms with van der Waals surface area (Å²) in [5, 5.41) is 6.00. The Hall–Kier alpha value is -2.62. The van der Waals surface area contributed by atoms with Crippen LogP contribution in [0.1, 0.15) is 22.3 Å². The van der Waals surface area contributed by atoms with Gasteiger partial charge in [0.2, 0.25) is 0 Å². The Kier molecular flexibility index (Phi) is 7.83. The Morgan fingerprint density at radius 3 is 2.27 bits per heavy atom. The van der Waals surface area contributed by atoms with E-state index in [-0.39, 0.29) is 12.3 Å². The number of hydrogen-bond acceptors (Lipinski definition) is 3. The molecule has 0 saturated carbocycles. The number of nitrogens with one attached hydrogen (secondary N) is 2. The molecule has 0 saturated heterocycles. The minimum absolute atomic E-state index is 0.155. The lowest BCUT2D eigenvalue weighted by molar-refractivity contribution is -0.137. The Morgan fingerprint density at radius 1 is 1.03 bits per heavy atom. The number of benzene rings is 2. The van der Waals surface area contributed by atoms with Gasteiger partial charge in [-0.2, -0.15) is 13.2 Å². The van der Waals surface area contributed by atoms with Gasteiger partial charge in [-0.3, -0.25) is 4.99 Å². The smallest absolute Gasteiger partial charge is 0.356 e. The van der Waals surface area contributed by atoms with Gasteiger partial charge in [-0.25, -0.2) is 12.8 Å². The van der Waals surface area contributed by atoms with Gasteiger partial charge in [-0.05, 0) is 47.4 Å². The average molecular weight is 445 g/mol. The highest BCUT2D eigenvalue weighted by molar-refractivity contribution is 7.89. The molecule has 0 bridgehead atoms. The van der Waals surface area contributed by atoms with Gasteiger partial charge in [0.15, 0.2) is 15.8 Å². The molecule has 2 N–H and O–H groups in total. The number of aliphatic imine (C=N–C) groups is 1. The zero-order valence-electron chi connectivity index (χ0n) is 16.6. The molecule has 10 heteroatoms. The summed E-state index contributed by atoms with van der Waals surface area (Å²) < 4.78 is 74.5. The van der Waals surface area contributed by atoms with E-state index in [2.05, 4.69) is 15.6 Å². The van der Waals surface area contributed by atoms with Gasteiger partial charge in [0.25, 0.3) is 0 Å². The van der Waals surface area contributed by atoms with Crippen molar-refractivity contribution in [2.24, 2.45) is 4.99 Å². The van der Waals surface area contributed by atoms with Crippen LogP contribution in [0.3, 0.4) is 0 Å². The summed E-state index contributed by atoms with van der Waals surface area (Å²) >= 11 is 0. The first-order chi connectivity index (χ1) is 14.0. The molecule has 2 aromatic carbocycles. The average Bonchev–Trinajstić information content (AvgIpc) is 2.65. The number of halogens is 4. The van der Waals surface area contributed by atoms with Crippen LogP contribution in [0.4, 0.5) is 17.6 Å². The monoisotopic (exact) mass is 445 g/mol. The second kappa shape index (κ2) is 9.92. The molecule has 164 valence electrons. The van der Waals surface area contributed by atoms with Gasteiger partial charge in [0, 0.05) is 26.4 Å². The first kappa shape index (κ1) is 23.7. The highest BCUT2D eigenvalue weighted by Gasteiger charge is 2.29. The van der Waals surface area contributed by atoms with Crippen molar-refractivity contribution < 1.29 is 26.0 Å². The van der Waals surface area contributed by atoms with Crippen LogP contribution in [0.25, 0.3) is 0 Å². The van der Waals surface area contributed by atoms with Crippen LogP contribution in [0.5, 0.6) is 0 Å². The quantitative estimate of drug-likeness (QED) is 0.390. The lowest BCUT2D eigenvalue weighted by atomic mass is 10.1. The van der Waals surface area contributed by atoms with E-state index < -0.39 is 27.4 Å². The van der Waals surface area contributed by atoms with E-state index in [9.17, 15) is 26.0 Å². The molecule has 0 fully saturated rings. The maximum Gasteiger partial charge on any atom is 0.416 e. The number of rotatable bonds is 7. The topological polar surface area (TPSA) is 70.6 Å². The normalized spacial score (nSPS) is 12.7. The van der Waals surface area contributed by atoms with Crippen LogP contribution < -0.4 is 10.6 Å². The lowest BCUT2D eigenvalue weighted by Gasteiger charge is -2.14. The van der Waals surface area contributed by atoms with E-state index in [1.165, 1.54) is 37.4 Å². The van der Waals surface area contributed by atoms with Crippen LogP contribution in [0.2, 0.25) is 0 Å². The van der Waals surface area contributed by atoms with Crippen molar-refractivity contribution in [2.75, 3.05) is 19.8 Å². The number of alkyl halides is 3. The molecule has 2 aromatic rings. The zero-order chi connectivity index (χ0) is 22.4. The van der Waals surface area contributed by atoms with Crippen LogP contribution in [-0.2, 0) is 34.7 Å². The second-order valence-corrected chi connectivity index (χ2v) is 8.92. The molecule has 0 aliphatic heterocycles. The molecule has 0 heterocycles. The summed E-state index contributed by atoms with van der Waals surface area (Å²) in [6.07, 6.45) is -2.79. The summed E-state index contributed by atoms with van der Waals surface area (Å²) in [7, 11) is -1.74. The summed E-state index contributed by atoms with van der Waals surface area (Å²) in [5.74, 6) is -0.282. The second-order valence-electron chi connectivity index (χ2n) is 6.78. The summed E-state index contributed by atoms with van der Waals surface area (Å²) in [4.78, 5) is 4.04. The highest BCUT2D eigenvalue weighted by atomic mass is 32.2. The van der Waals surface area contributed by atoms with Gasteiger partial charge in [0.05, 0.1) is 11.3 Å². The standard InChI is InChI=1S/C20H23F4N3O2S/c1-25-19(26-10-9-14-3-6-17(7-4-14)20(22,23)24)27-12-16-11-18(21)8-5-15(16)13-30(2,28)29/h3-8,11H,9-10,12-13H2,1-2H3,(H2,25,26,27). The first-order valence-electron chi connectivity index (χ1n) is 9.03. The minimum Gasteiger partial charge on any atom is -0.356 e. The first-order valence-corrected chi connectivity index (χ1v) is 11.1. The zero-order valence-corrected chi connectivity index (χ0v) is 17.4. The summed E-state index contributed by atoms with van der Waals surface area (Å²) in [6, 6.07) is 8.83. The molecule has 0 radical (unpaired) electrons. The molecule has 30 heavy (non-hydrogen) atoms. The number of nitrogens with zero attached hydrogens (tertiary/aromatic N) is 1. The maximum absolute atomic E-state index is 13.6. The molecule has 5 nitrogen and oxygen atoms in total. The van der Waals surface area contributed by atoms with E-state index in [1.54, 1.807) is 0 Å². The fourth-order valence-corrected chi connectivity index (χ4v) is 3.61. The van der Waals surface area contributed by atoms with Crippen molar-refractivity contribution in [3.8, 4) is 0 Å². The van der Waals surface area contributed by atoms with Crippen LogP contribution in [0.15, 0.2) is 47.5 Å². The number of guanidine groups is 1. The molecule has 0 aliphatic rings. The fraction of sp³-hybridized carbons (Fsp3) is 0.350. The predicted octanol–water partition coefficient (Wildman–Crippen LogP) is 3.30. The third-order valence-electron chi connectivity index (χ3n) is 4.24. The SMILES string of the molecule is CN=C(NCCc1ccc(C(F)(F)F)cc1)NCc1cc(F)ccc1CS(C)(=O)=O. The maximum atomic E-state index is 13.6. The Labute approximate surface area is 173 Å². The van der Waals surface area contributed by atoms with Crippen molar-refractivity contribution >= 4 is 15.8 Å². The largest absolute Gasteiger partial charge is 0.416 e. The Balaban J connectivity index is 1.92. The van der Waals surface area contributed by atoms with Crippen LogP contribution in [-0.4, -0.2) is 34.2 Å². The molecule has 0 unspecified atom stereocenters. The molecular weight excluding hydrogens is 422 g/mol. The minimum atomic E-state index is -4.37. The van der Waals surface area contributed by atoms with Gasteiger partial charge >= 0.3 is 6.18 Å². The molecule has 2 rings (SSSR count). The van der Waals surface area contributed by atoms with Crippen LogP contribution in [0, 0.1) is 5.82 Å². The van der Waals surface area contributed by atoms with E-state index in [0.717, 1.165) is 24.0 Å². The van der Waals surface area contributed by atoms with Gasteiger partial charge in [-0.15, -0.1) is 0 Å². The predicted molar refractivity (Wildman–Crippen MR) is 108 cm³/mol. The van der Waals surface area contributed by atoms with Crippen molar-refractivity contribution in [3.05, 3.63) is 70.5 Å². The van der Waals surface area contributed by atoms with Gasteiger partial charge < -0.3 is 10.6 Å². The Morgan fingerprint density at radius 2 is 1.70 bits per heavy atom. The number of sulfone groups is 1. The van der Waals surface area contributed by atoms with E-state index in [0.29, 0.717) is 30.1 Å². The number of hydrogen-bond donors (Lipinski definition) is 2. The summed E-state index contributed by atoms with van der Waals surface area (Å²) in [5.41, 5.74) is 1.01. The highest BCUT2D eigenvalue weighted by Crippen LogP contribution is 2.29. The lowest BCUT2D eigenvalue weighted by Crippen LogP contribution is -2.38. The fourth-order valence-electron chi connectivity index (χ4n) is 2.77. The molecule has 0 spiro atoms. The third-order valence-corrected chi connectivity index (χ3v) is 5.08. The van der Waals surface area contributed by atoms with E-state index in [1.807, 2.05) is 0 Å². The van der Waals surface area contributed by atoms with Crippen molar-refractivity contribution in [3.63, 3.8) is 0 Å². The van der Waals surface area contributed by atoms with Crippen LogP contribution >= 0.6 is 0 Å². The van der Waals surface area contributed by atoms with Gasteiger partial charge in [0.1, 0.15) is 5.82 Å². The molecule has 0 aliphatic carbocycles. The molecule has 0 amide bonds. The molecular formula is C20H23F4N3O2S. The Bertz CT molecular complexity index is 988. The van der Waals surface area contributed by atoms with E-state index in [4.69, 9.17) is 0 Å². The van der Waals surface area contributed by atoms with Crippen molar-refractivity contribution in [2.45, 2.75) is 24.9 Å². The molecule has 0 aromatic heterocycles. The van der Waals surface area contributed by atoms with Crippen molar-refractivity contribution in [1.82, 2.24) is 10.6 Å². The van der Waals surface area contributed by atoms with Crippen molar-refractivity contribution in [1.29, 1.82) is 0 Å². The molecule has 0 atom stereocenters.